The lowest BCUT2D eigenvalue weighted by Crippen LogP contribution is -2.33. The van der Waals surface area contributed by atoms with Crippen LogP contribution in [0.2, 0.25) is 0 Å². The summed E-state index contributed by atoms with van der Waals surface area (Å²) in [6.07, 6.45) is 2.00. The van der Waals surface area contributed by atoms with Crippen molar-refractivity contribution in [2.45, 2.75) is 39.7 Å². The van der Waals surface area contributed by atoms with Crippen molar-refractivity contribution in [3.05, 3.63) is 5.82 Å². The quantitative estimate of drug-likeness (QED) is 0.806. The Hall–Kier alpha value is -0.680. The fraction of sp³-hybridized carbons (Fsp3) is 0.800. The van der Waals surface area contributed by atoms with Gasteiger partial charge in [0.15, 0.2) is 0 Å². The van der Waals surface area contributed by atoms with Crippen LogP contribution in [0.3, 0.4) is 0 Å². The van der Waals surface area contributed by atoms with E-state index in [-0.39, 0.29) is 6.61 Å². The lowest BCUT2D eigenvalue weighted by molar-refractivity contribution is 0.299. The van der Waals surface area contributed by atoms with Crippen LogP contribution in [-0.4, -0.2) is 33.7 Å². The third-order valence-electron chi connectivity index (χ3n) is 2.14. The van der Waals surface area contributed by atoms with Crippen LogP contribution in [-0.2, 0) is 6.42 Å². The molecule has 1 rings (SSSR count). The smallest absolute Gasteiger partial charge is 0.205 e. The Labute approximate surface area is 95.1 Å². The minimum absolute atomic E-state index is 0.154. The van der Waals surface area contributed by atoms with Gasteiger partial charge in [-0.15, -0.1) is 0 Å². The molecule has 0 saturated carbocycles. The number of hydrogen-bond acceptors (Lipinski definition) is 5. The maximum atomic E-state index is 8.97. The highest BCUT2D eigenvalue weighted by molar-refractivity contribution is 7.09. The van der Waals surface area contributed by atoms with E-state index >= 15 is 0 Å². The number of anilines is 1. The van der Waals surface area contributed by atoms with E-state index in [0.29, 0.717) is 12.6 Å². The summed E-state index contributed by atoms with van der Waals surface area (Å²) < 4.78 is 4.30. The Morgan fingerprint density at radius 3 is 2.73 bits per heavy atom. The molecule has 4 nitrogen and oxygen atoms in total. The van der Waals surface area contributed by atoms with Gasteiger partial charge in [-0.05, 0) is 20.3 Å². The number of nitrogens with zero attached hydrogens (tertiary/aromatic N) is 3. The third kappa shape index (κ3) is 3.43. The van der Waals surface area contributed by atoms with Crippen LogP contribution in [0.15, 0.2) is 0 Å². The highest BCUT2D eigenvalue weighted by Gasteiger charge is 2.14. The first-order valence-corrected chi connectivity index (χ1v) is 6.16. The van der Waals surface area contributed by atoms with Crippen LogP contribution in [0.4, 0.5) is 5.13 Å². The standard InChI is InChI=1S/C10H19N3OS/c1-4-5-9-11-10(15-12-9)13(6-7-14)8(2)3/h8,14H,4-7H2,1-3H3. The van der Waals surface area contributed by atoms with Crippen LogP contribution in [0.1, 0.15) is 33.0 Å². The molecule has 5 heteroatoms. The molecule has 0 fully saturated rings. The van der Waals surface area contributed by atoms with Gasteiger partial charge in [0.05, 0.1) is 6.61 Å². The molecular weight excluding hydrogens is 210 g/mol. The van der Waals surface area contributed by atoms with Crippen LogP contribution < -0.4 is 4.90 Å². The number of aliphatic hydroxyl groups excluding tert-OH is 1. The number of aliphatic hydroxyl groups is 1. The fourth-order valence-electron chi connectivity index (χ4n) is 1.37. The molecule has 1 aromatic heterocycles. The fourth-order valence-corrected chi connectivity index (χ4v) is 2.24. The van der Waals surface area contributed by atoms with Crippen molar-refractivity contribution < 1.29 is 5.11 Å². The number of rotatable bonds is 6. The molecular formula is C10H19N3OS. The second kappa shape index (κ2) is 6.02. The maximum Gasteiger partial charge on any atom is 0.205 e. The molecule has 0 atom stereocenters. The highest BCUT2D eigenvalue weighted by atomic mass is 32.1. The molecule has 0 radical (unpaired) electrons. The summed E-state index contributed by atoms with van der Waals surface area (Å²) in [7, 11) is 0. The van der Waals surface area contributed by atoms with Crippen LogP contribution in [0, 0.1) is 0 Å². The molecule has 0 saturated heterocycles. The average molecular weight is 229 g/mol. The van der Waals surface area contributed by atoms with Crippen molar-refractivity contribution in [2.24, 2.45) is 0 Å². The summed E-state index contributed by atoms with van der Waals surface area (Å²) in [5.41, 5.74) is 0. The molecule has 86 valence electrons. The monoisotopic (exact) mass is 229 g/mol. The molecule has 1 heterocycles. The number of hydrogen-bond donors (Lipinski definition) is 1. The van der Waals surface area contributed by atoms with Crippen molar-refractivity contribution in [1.82, 2.24) is 9.36 Å². The van der Waals surface area contributed by atoms with Crippen molar-refractivity contribution >= 4 is 16.7 Å². The van der Waals surface area contributed by atoms with E-state index in [1.807, 2.05) is 0 Å². The van der Waals surface area contributed by atoms with Crippen molar-refractivity contribution in [3.63, 3.8) is 0 Å². The Morgan fingerprint density at radius 2 is 2.20 bits per heavy atom. The van der Waals surface area contributed by atoms with Crippen LogP contribution in [0.5, 0.6) is 0 Å². The molecule has 0 aliphatic rings. The normalized spacial score (nSPS) is 11.0. The molecule has 0 unspecified atom stereocenters. The van der Waals surface area contributed by atoms with Crippen molar-refractivity contribution in [3.8, 4) is 0 Å². The second-order valence-electron chi connectivity index (χ2n) is 3.75. The molecule has 1 N–H and O–H groups in total. The zero-order chi connectivity index (χ0) is 11.3. The van der Waals surface area contributed by atoms with Gasteiger partial charge in [-0.25, -0.2) is 4.98 Å². The summed E-state index contributed by atoms with van der Waals surface area (Å²) >= 11 is 1.42. The molecule has 0 spiro atoms. The topological polar surface area (TPSA) is 49.2 Å². The van der Waals surface area contributed by atoms with E-state index in [4.69, 9.17) is 5.11 Å². The van der Waals surface area contributed by atoms with Gasteiger partial charge in [0.1, 0.15) is 5.82 Å². The lowest BCUT2D eigenvalue weighted by atomic mass is 10.3. The Kier molecular flexibility index (Phi) is 4.98. The molecule has 1 aromatic rings. The minimum atomic E-state index is 0.154. The SMILES string of the molecule is CCCc1nsc(N(CCO)C(C)C)n1. The van der Waals surface area contributed by atoms with Gasteiger partial charge < -0.3 is 10.0 Å². The molecule has 0 bridgehead atoms. The summed E-state index contributed by atoms with van der Waals surface area (Å²) in [4.78, 5) is 6.54. The summed E-state index contributed by atoms with van der Waals surface area (Å²) in [5, 5.41) is 9.89. The van der Waals surface area contributed by atoms with Gasteiger partial charge in [-0.3, -0.25) is 0 Å². The summed E-state index contributed by atoms with van der Waals surface area (Å²) in [5.74, 6) is 0.918. The maximum absolute atomic E-state index is 8.97. The Morgan fingerprint density at radius 1 is 1.47 bits per heavy atom. The largest absolute Gasteiger partial charge is 0.395 e. The predicted octanol–water partition coefficient (Wildman–Crippen LogP) is 1.70. The molecule has 0 aliphatic carbocycles. The average Bonchev–Trinajstić information content (AvgIpc) is 2.62. The van der Waals surface area contributed by atoms with E-state index in [9.17, 15) is 0 Å². The first-order valence-electron chi connectivity index (χ1n) is 5.39. The Balaban J connectivity index is 2.72. The van der Waals surface area contributed by atoms with E-state index in [2.05, 4.69) is 35.0 Å². The van der Waals surface area contributed by atoms with E-state index in [1.165, 1.54) is 11.5 Å². The zero-order valence-corrected chi connectivity index (χ0v) is 10.4. The predicted molar refractivity (Wildman–Crippen MR) is 63.5 cm³/mol. The van der Waals surface area contributed by atoms with Crippen molar-refractivity contribution in [2.75, 3.05) is 18.1 Å². The first-order chi connectivity index (χ1) is 7.19. The zero-order valence-electron chi connectivity index (χ0n) is 9.60. The van der Waals surface area contributed by atoms with E-state index in [1.54, 1.807) is 0 Å². The lowest BCUT2D eigenvalue weighted by Gasteiger charge is -2.24. The summed E-state index contributed by atoms with van der Waals surface area (Å²) in [6.45, 7) is 7.08. The summed E-state index contributed by atoms with van der Waals surface area (Å²) in [6, 6.07) is 0.347. The van der Waals surface area contributed by atoms with Gasteiger partial charge in [0.2, 0.25) is 5.13 Å². The van der Waals surface area contributed by atoms with Crippen LogP contribution in [0.25, 0.3) is 0 Å². The molecule has 0 aliphatic heterocycles. The van der Waals surface area contributed by atoms with E-state index in [0.717, 1.165) is 23.8 Å². The Bertz CT molecular complexity index is 288. The minimum Gasteiger partial charge on any atom is -0.395 e. The molecule has 0 amide bonds. The molecule has 15 heavy (non-hydrogen) atoms. The number of aromatic nitrogens is 2. The third-order valence-corrected chi connectivity index (χ3v) is 2.93. The van der Waals surface area contributed by atoms with Gasteiger partial charge in [-0.1, -0.05) is 6.92 Å². The van der Waals surface area contributed by atoms with Crippen LogP contribution >= 0.6 is 11.5 Å². The van der Waals surface area contributed by atoms with Gasteiger partial charge >= 0.3 is 0 Å². The van der Waals surface area contributed by atoms with Gasteiger partial charge in [0.25, 0.3) is 0 Å². The van der Waals surface area contributed by atoms with Gasteiger partial charge in [-0.2, -0.15) is 4.37 Å². The molecule has 0 aromatic carbocycles. The second-order valence-corrected chi connectivity index (χ2v) is 4.48. The highest BCUT2D eigenvalue weighted by Crippen LogP contribution is 2.19. The number of aryl methyl sites for hydroxylation is 1. The first kappa shape index (κ1) is 12.4. The van der Waals surface area contributed by atoms with Gasteiger partial charge in [0, 0.05) is 30.5 Å². The van der Waals surface area contributed by atoms with E-state index < -0.39 is 0 Å². The van der Waals surface area contributed by atoms with Crippen molar-refractivity contribution in [1.29, 1.82) is 0 Å².